The molecule has 2 atom stereocenters. The number of nitrogens with zero attached hydrogens (tertiary/aromatic N) is 2. The molecule has 5 nitrogen and oxygen atoms in total. The van der Waals surface area contributed by atoms with Gasteiger partial charge in [0.25, 0.3) is 0 Å². The first-order valence-corrected chi connectivity index (χ1v) is 6.75. The Morgan fingerprint density at radius 2 is 2.32 bits per heavy atom. The topological polar surface area (TPSA) is 65.5 Å². The number of rotatable bonds is 3. The predicted octanol–water partition coefficient (Wildman–Crippen LogP) is 1.24. The van der Waals surface area contributed by atoms with Gasteiger partial charge in [-0.05, 0) is 37.8 Å². The number of likely N-dealkylation sites (N-methyl/N-ethyl adjacent to an activating group) is 1. The average molecular weight is 263 g/mol. The zero-order valence-electron chi connectivity index (χ0n) is 11.5. The van der Waals surface area contributed by atoms with Gasteiger partial charge in [0.2, 0.25) is 5.91 Å². The molecule has 1 fully saturated rings. The van der Waals surface area contributed by atoms with E-state index in [1.165, 1.54) is 0 Å². The highest BCUT2D eigenvalue weighted by molar-refractivity contribution is 5.84. The van der Waals surface area contributed by atoms with E-state index in [0.29, 0.717) is 0 Å². The number of amides is 1. The number of aliphatic hydroxyl groups is 1. The van der Waals surface area contributed by atoms with E-state index in [1.807, 2.05) is 17.0 Å². The highest BCUT2D eigenvalue weighted by Gasteiger charge is 2.28. The normalized spacial score (nSPS) is 21.0. The molecular formula is C14H21N3O2. The van der Waals surface area contributed by atoms with Gasteiger partial charge in [0.15, 0.2) is 0 Å². The summed E-state index contributed by atoms with van der Waals surface area (Å²) in [4.78, 5) is 18.3. The number of pyridine rings is 1. The van der Waals surface area contributed by atoms with Gasteiger partial charge in [-0.2, -0.15) is 0 Å². The van der Waals surface area contributed by atoms with Crippen LogP contribution in [0, 0.1) is 0 Å². The Labute approximate surface area is 113 Å². The van der Waals surface area contributed by atoms with Gasteiger partial charge < -0.3 is 15.3 Å². The minimum Gasteiger partial charge on any atom is -0.389 e. The molecule has 2 heterocycles. The van der Waals surface area contributed by atoms with Crippen LogP contribution in [0.4, 0.5) is 5.82 Å². The standard InChI is InChI=1S/C14H21N3O2/c1-10(18)11-6-7-13(16-9-11)17-8-4-3-5-12(17)14(19)15-2/h6-7,9-10,12,18H,3-5,8H2,1-2H3,(H,15,19)/t10-,12?/m0/s1. The van der Waals surface area contributed by atoms with Gasteiger partial charge in [-0.1, -0.05) is 6.07 Å². The predicted molar refractivity (Wildman–Crippen MR) is 73.9 cm³/mol. The monoisotopic (exact) mass is 263 g/mol. The van der Waals surface area contributed by atoms with E-state index in [1.54, 1.807) is 20.2 Å². The largest absolute Gasteiger partial charge is 0.389 e. The summed E-state index contributed by atoms with van der Waals surface area (Å²) >= 11 is 0. The number of hydrogen-bond acceptors (Lipinski definition) is 4. The lowest BCUT2D eigenvalue weighted by molar-refractivity contribution is -0.122. The Morgan fingerprint density at radius 1 is 1.53 bits per heavy atom. The van der Waals surface area contributed by atoms with Crippen LogP contribution in [-0.4, -0.2) is 35.6 Å². The number of piperidine rings is 1. The second-order valence-electron chi connectivity index (χ2n) is 4.94. The first-order chi connectivity index (χ1) is 9.13. The number of nitrogens with one attached hydrogen (secondary N) is 1. The van der Waals surface area contributed by atoms with Crippen LogP contribution in [0.15, 0.2) is 18.3 Å². The van der Waals surface area contributed by atoms with E-state index in [4.69, 9.17) is 0 Å². The first kappa shape index (κ1) is 13.8. The van der Waals surface area contributed by atoms with E-state index in [9.17, 15) is 9.90 Å². The molecule has 1 aliphatic heterocycles. The Morgan fingerprint density at radius 3 is 2.89 bits per heavy atom. The van der Waals surface area contributed by atoms with Crippen molar-refractivity contribution in [3.8, 4) is 0 Å². The van der Waals surface area contributed by atoms with E-state index in [2.05, 4.69) is 10.3 Å². The minimum absolute atomic E-state index is 0.0427. The molecule has 1 aliphatic rings. The summed E-state index contributed by atoms with van der Waals surface area (Å²) in [6.45, 7) is 2.56. The van der Waals surface area contributed by atoms with Crippen molar-refractivity contribution in [2.75, 3.05) is 18.5 Å². The molecule has 5 heteroatoms. The molecule has 1 aromatic rings. The van der Waals surface area contributed by atoms with Gasteiger partial charge in [0.1, 0.15) is 11.9 Å². The Balaban J connectivity index is 2.19. The van der Waals surface area contributed by atoms with Gasteiger partial charge in [0.05, 0.1) is 6.10 Å². The molecule has 0 radical (unpaired) electrons. The van der Waals surface area contributed by atoms with Crippen molar-refractivity contribution >= 4 is 11.7 Å². The highest BCUT2D eigenvalue weighted by Crippen LogP contribution is 2.24. The summed E-state index contributed by atoms with van der Waals surface area (Å²) in [5, 5.41) is 12.2. The fourth-order valence-electron chi connectivity index (χ4n) is 2.46. The van der Waals surface area contributed by atoms with Crippen LogP contribution >= 0.6 is 0 Å². The van der Waals surface area contributed by atoms with E-state index < -0.39 is 6.10 Å². The van der Waals surface area contributed by atoms with Crippen LogP contribution < -0.4 is 10.2 Å². The summed E-state index contributed by atoms with van der Waals surface area (Å²) in [6.07, 6.45) is 4.17. The maximum Gasteiger partial charge on any atom is 0.242 e. The Bertz CT molecular complexity index is 431. The van der Waals surface area contributed by atoms with Crippen LogP contribution in [0.2, 0.25) is 0 Å². The van der Waals surface area contributed by atoms with Crippen LogP contribution in [0.3, 0.4) is 0 Å². The van der Waals surface area contributed by atoms with Crippen LogP contribution in [-0.2, 0) is 4.79 Å². The molecule has 1 unspecified atom stereocenters. The van der Waals surface area contributed by atoms with Gasteiger partial charge >= 0.3 is 0 Å². The Hall–Kier alpha value is -1.62. The molecule has 1 aromatic heterocycles. The number of aromatic nitrogens is 1. The Kier molecular flexibility index (Phi) is 4.37. The van der Waals surface area contributed by atoms with E-state index in [-0.39, 0.29) is 11.9 Å². The van der Waals surface area contributed by atoms with Crippen LogP contribution in [0.1, 0.15) is 37.9 Å². The van der Waals surface area contributed by atoms with Crippen LogP contribution in [0.25, 0.3) is 0 Å². The van der Waals surface area contributed by atoms with Gasteiger partial charge in [-0.25, -0.2) is 4.98 Å². The summed E-state index contributed by atoms with van der Waals surface area (Å²) in [5.74, 6) is 0.846. The summed E-state index contributed by atoms with van der Waals surface area (Å²) in [7, 11) is 1.67. The van der Waals surface area contributed by atoms with E-state index in [0.717, 1.165) is 37.2 Å². The maximum atomic E-state index is 11.9. The van der Waals surface area contributed by atoms with Crippen molar-refractivity contribution in [3.63, 3.8) is 0 Å². The molecule has 2 rings (SSSR count). The third-order valence-corrected chi connectivity index (χ3v) is 3.60. The fourth-order valence-corrected chi connectivity index (χ4v) is 2.46. The zero-order chi connectivity index (χ0) is 13.8. The lowest BCUT2D eigenvalue weighted by atomic mass is 10.0. The van der Waals surface area contributed by atoms with Crippen molar-refractivity contribution in [2.45, 2.75) is 38.3 Å². The van der Waals surface area contributed by atoms with Crippen molar-refractivity contribution in [3.05, 3.63) is 23.9 Å². The minimum atomic E-state index is -0.516. The average Bonchev–Trinajstić information content (AvgIpc) is 2.46. The van der Waals surface area contributed by atoms with E-state index >= 15 is 0 Å². The second kappa shape index (κ2) is 6.02. The molecule has 19 heavy (non-hydrogen) atoms. The molecule has 2 N–H and O–H groups in total. The summed E-state index contributed by atoms with van der Waals surface area (Å²) in [5.41, 5.74) is 0.789. The second-order valence-corrected chi connectivity index (χ2v) is 4.94. The lowest BCUT2D eigenvalue weighted by Gasteiger charge is -2.35. The van der Waals surface area contributed by atoms with Crippen molar-refractivity contribution in [1.82, 2.24) is 10.3 Å². The number of carbonyl (C=O) groups is 1. The molecule has 0 saturated carbocycles. The SMILES string of the molecule is CNC(=O)C1CCCCN1c1ccc([C@H](C)O)cn1. The maximum absolute atomic E-state index is 11.9. The molecular weight excluding hydrogens is 242 g/mol. The summed E-state index contributed by atoms with van der Waals surface area (Å²) in [6, 6.07) is 3.61. The first-order valence-electron chi connectivity index (χ1n) is 6.75. The summed E-state index contributed by atoms with van der Waals surface area (Å²) < 4.78 is 0. The fraction of sp³-hybridized carbons (Fsp3) is 0.571. The van der Waals surface area contributed by atoms with Gasteiger partial charge in [-0.15, -0.1) is 0 Å². The molecule has 1 amide bonds. The third-order valence-electron chi connectivity index (χ3n) is 3.60. The smallest absolute Gasteiger partial charge is 0.242 e. The molecule has 0 bridgehead atoms. The number of hydrogen-bond donors (Lipinski definition) is 2. The van der Waals surface area contributed by atoms with Crippen LogP contribution in [0.5, 0.6) is 0 Å². The van der Waals surface area contributed by atoms with Gasteiger partial charge in [-0.3, -0.25) is 4.79 Å². The zero-order valence-corrected chi connectivity index (χ0v) is 11.5. The number of anilines is 1. The molecule has 0 spiro atoms. The van der Waals surface area contributed by atoms with Gasteiger partial charge in [0, 0.05) is 19.8 Å². The molecule has 0 aliphatic carbocycles. The highest BCUT2D eigenvalue weighted by atomic mass is 16.3. The third kappa shape index (κ3) is 3.04. The molecule has 0 aromatic carbocycles. The number of carbonyl (C=O) groups excluding carboxylic acids is 1. The van der Waals surface area contributed by atoms with Crippen molar-refractivity contribution in [2.24, 2.45) is 0 Å². The van der Waals surface area contributed by atoms with Crippen molar-refractivity contribution < 1.29 is 9.90 Å². The van der Waals surface area contributed by atoms with Crippen molar-refractivity contribution in [1.29, 1.82) is 0 Å². The molecule has 1 saturated heterocycles. The number of aliphatic hydroxyl groups excluding tert-OH is 1. The quantitative estimate of drug-likeness (QED) is 0.861. The molecule has 104 valence electrons. The lowest BCUT2D eigenvalue weighted by Crippen LogP contribution is -2.49.